The van der Waals surface area contributed by atoms with Gasteiger partial charge in [0.25, 0.3) is 0 Å². The molecule has 0 bridgehead atoms. The van der Waals surface area contributed by atoms with Crippen LogP contribution in [0.2, 0.25) is 0 Å². The third-order valence-corrected chi connectivity index (χ3v) is 2.52. The maximum atomic E-state index is 11.7. The van der Waals surface area contributed by atoms with E-state index in [1.54, 1.807) is 0 Å². The summed E-state index contributed by atoms with van der Waals surface area (Å²) >= 11 is 5.60. The van der Waals surface area contributed by atoms with Gasteiger partial charge in [0.2, 0.25) is 5.91 Å². The molecule has 1 unspecified atom stereocenters. The second kappa shape index (κ2) is 5.37. The van der Waals surface area contributed by atoms with Crippen LogP contribution in [0.4, 0.5) is 0 Å². The largest absolute Gasteiger partial charge is 0.341 e. The van der Waals surface area contributed by atoms with Crippen LogP contribution >= 0.6 is 11.6 Å². The summed E-state index contributed by atoms with van der Waals surface area (Å²) in [5, 5.41) is 3.57. The second-order valence-electron chi connectivity index (χ2n) is 3.65. The number of nitrogens with one attached hydrogen (secondary N) is 1. The van der Waals surface area contributed by atoms with E-state index in [0.717, 1.165) is 25.9 Å². The van der Waals surface area contributed by atoms with Gasteiger partial charge < -0.3 is 10.2 Å². The van der Waals surface area contributed by atoms with Gasteiger partial charge in [0.15, 0.2) is 0 Å². The molecule has 0 saturated carbocycles. The van der Waals surface area contributed by atoms with Crippen molar-refractivity contribution in [3.8, 4) is 0 Å². The van der Waals surface area contributed by atoms with Crippen LogP contribution in [0.3, 0.4) is 0 Å². The summed E-state index contributed by atoms with van der Waals surface area (Å²) in [6, 6.07) is -0.163. The fourth-order valence-electron chi connectivity index (χ4n) is 1.56. The zero-order chi connectivity index (χ0) is 10.6. The highest BCUT2D eigenvalue weighted by Crippen LogP contribution is 2.09. The van der Waals surface area contributed by atoms with Gasteiger partial charge in [-0.05, 0) is 19.8 Å². The molecular weight excluding hydrogens is 200 g/mol. The molecule has 80 valence electrons. The lowest BCUT2D eigenvalue weighted by atomic mass is 10.3. The normalized spacial score (nSPS) is 18.3. The van der Waals surface area contributed by atoms with Crippen LogP contribution in [-0.2, 0) is 4.79 Å². The third-order valence-electron chi connectivity index (χ3n) is 2.39. The Morgan fingerprint density at radius 1 is 1.57 bits per heavy atom. The van der Waals surface area contributed by atoms with E-state index in [0.29, 0.717) is 11.6 Å². The van der Waals surface area contributed by atoms with Crippen molar-refractivity contribution in [2.45, 2.75) is 25.8 Å². The molecule has 14 heavy (non-hydrogen) atoms. The van der Waals surface area contributed by atoms with Gasteiger partial charge in [-0.25, -0.2) is 0 Å². The molecular formula is C10H17ClN2O. The van der Waals surface area contributed by atoms with Crippen LogP contribution in [-0.4, -0.2) is 36.5 Å². The lowest BCUT2D eigenvalue weighted by Crippen LogP contribution is -2.43. The van der Waals surface area contributed by atoms with E-state index in [1.165, 1.54) is 0 Å². The quantitative estimate of drug-likeness (QED) is 0.769. The van der Waals surface area contributed by atoms with Crippen LogP contribution in [0.25, 0.3) is 0 Å². The van der Waals surface area contributed by atoms with Crippen LogP contribution in [0.1, 0.15) is 19.8 Å². The van der Waals surface area contributed by atoms with E-state index >= 15 is 0 Å². The highest BCUT2D eigenvalue weighted by molar-refractivity contribution is 6.29. The van der Waals surface area contributed by atoms with Gasteiger partial charge >= 0.3 is 0 Å². The van der Waals surface area contributed by atoms with Crippen molar-refractivity contribution >= 4 is 17.5 Å². The first-order chi connectivity index (χ1) is 6.61. The molecule has 4 heteroatoms. The summed E-state index contributed by atoms with van der Waals surface area (Å²) in [4.78, 5) is 13.6. The average Bonchev–Trinajstić information content (AvgIpc) is 2.65. The molecule has 1 rings (SSSR count). The number of rotatable bonds is 4. The molecule has 0 aromatic heterocycles. The van der Waals surface area contributed by atoms with Crippen LogP contribution < -0.4 is 5.32 Å². The SMILES string of the molecule is C=C(Cl)CNC(C)C(=O)N1CCCC1. The lowest BCUT2D eigenvalue weighted by Gasteiger charge is -2.20. The van der Waals surface area contributed by atoms with Gasteiger partial charge in [-0.15, -0.1) is 0 Å². The zero-order valence-corrected chi connectivity index (χ0v) is 9.31. The third kappa shape index (κ3) is 3.31. The Kier molecular flexibility index (Phi) is 4.42. The predicted molar refractivity (Wildman–Crippen MR) is 58.3 cm³/mol. The summed E-state index contributed by atoms with van der Waals surface area (Å²) in [7, 11) is 0. The molecule has 0 aliphatic carbocycles. The van der Waals surface area contributed by atoms with Gasteiger partial charge in [0, 0.05) is 24.7 Å². The Hall–Kier alpha value is -0.540. The van der Waals surface area contributed by atoms with Gasteiger partial charge in [0.05, 0.1) is 6.04 Å². The first kappa shape index (κ1) is 11.5. The Morgan fingerprint density at radius 3 is 2.64 bits per heavy atom. The van der Waals surface area contributed by atoms with E-state index in [9.17, 15) is 4.79 Å². The fraction of sp³-hybridized carbons (Fsp3) is 0.700. The van der Waals surface area contributed by atoms with Crippen molar-refractivity contribution in [1.82, 2.24) is 10.2 Å². The van der Waals surface area contributed by atoms with Crippen LogP contribution in [0, 0.1) is 0 Å². The Bertz CT molecular complexity index is 224. The molecule has 1 aliphatic rings. The Balaban J connectivity index is 2.31. The second-order valence-corrected chi connectivity index (χ2v) is 4.19. The molecule has 0 spiro atoms. The fourth-order valence-corrected chi connectivity index (χ4v) is 1.64. The minimum absolute atomic E-state index is 0.163. The number of hydrogen-bond acceptors (Lipinski definition) is 2. The van der Waals surface area contributed by atoms with Gasteiger partial charge in [-0.3, -0.25) is 4.79 Å². The summed E-state index contributed by atoms with van der Waals surface area (Å²) in [6.45, 7) is 7.70. The molecule has 1 fully saturated rings. The molecule has 0 aromatic rings. The minimum Gasteiger partial charge on any atom is -0.341 e. The number of halogens is 1. The summed E-state index contributed by atoms with van der Waals surface area (Å²) in [5.74, 6) is 0.167. The first-order valence-electron chi connectivity index (χ1n) is 4.96. The van der Waals surface area contributed by atoms with Crippen molar-refractivity contribution < 1.29 is 4.79 Å². The number of likely N-dealkylation sites (tertiary alicyclic amines) is 1. The zero-order valence-electron chi connectivity index (χ0n) is 8.55. The molecule has 1 N–H and O–H groups in total. The Morgan fingerprint density at radius 2 is 2.14 bits per heavy atom. The topological polar surface area (TPSA) is 32.3 Å². The molecule has 0 aromatic carbocycles. The maximum absolute atomic E-state index is 11.7. The minimum atomic E-state index is -0.163. The standard InChI is InChI=1S/C10H17ClN2O/c1-8(11)7-12-9(2)10(14)13-5-3-4-6-13/h9,12H,1,3-7H2,2H3. The number of hydrogen-bond donors (Lipinski definition) is 1. The molecule has 0 radical (unpaired) electrons. The number of nitrogens with zero attached hydrogens (tertiary/aromatic N) is 1. The smallest absolute Gasteiger partial charge is 0.239 e. The maximum Gasteiger partial charge on any atom is 0.239 e. The van der Waals surface area contributed by atoms with Crippen LogP contribution in [0.15, 0.2) is 11.6 Å². The molecule has 3 nitrogen and oxygen atoms in total. The van der Waals surface area contributed by atoms with Gasteiger partial charge in [-0.1, -0.05) is 18.2 Å². The monoisotopic (exact) mass is 216 g/mol. The first-order valence-corrected chi connectivity index (χ1v) is 5.34. The van der Waals surface area contributed by atoms with E-state index in [2.05, 4.69) is 11.9 Å². The highest BCUT2D eigenvalue weighted by Gasteiger charge is 2.22. The summed E-state index contributed by atoms with van der Waals surface area (Å²) < 4.78 is 0. The summed E-state index contributed by atoms with van der Waals surface area (Å²) in [5.41, 5.74) is 0. The van der Waals surface area contributed by atoms with Gasteiger partial charge in [0.1, 0.15) is 0 Å². The highest BCUT2D eigenvalue weighted by atomic mass is 35.5. The van der Waals surface area contributed by atoms with E-state index in [-0.39, 0.29) is 11.9 Å². The van der Waals surface area contributed by atoms with Crippen molar-refractivity contribution in [2.75, 3.05) is 19.6 Å². The van der Waals surface area contributed by atoms with Crippen molar-refractivity contribution in [1.29, 1.82) is 0 Å². The number of carbonyl (C=O) groups excluding carboxylic acids is 1. The molecule has 1 saturated heterocycles. The molecule has 1 amide bonds. The van der Waals surface area contributed by atoms with Crippen LogP contribution in [0.5, 0.6) is 0 Å². The van der Waals surface area contributed by atoms with E-state index in [4.69, 9.17) is 11.6 Å². The van der Waals surface area contributed by atoms with E-state index < -0.39 is 0 Å². The van der Waals surface area contributed by atoms with Gasteiger partial charge in [-0.2, -0.15) is 0 Å². The number of carbonyl (C=O) groups is 1. The van der Waals surface area contributed by atoms with E-state index in [1.807, 2.05) is 11.8 Å². The number of amides is 1. The molecule has 1 heterocycles. The van der Waals surface area contributed by atoms with Crippen molar-refractivity contribution in [3.05, 3.63) is 11.6 Å². The summed E-state index contributed by atoms with van der Waals surface area (Å²) in [6.07, 6.45) is 2.25. The lowest BCUT2D eigenvalue weighted by molar-refractivity contribution is -0.131. The van der Waals surface area contributed by atoms with Crippen molar-refractivity contribution in [3.63, 3.8) is 0 Å². The predicted octanol–water partition coefficient (Wildman–Crippen LogP) is 1.34. The molecule has 1 aliphatic heterocycles. The van der Waals surface area contributed by atoms with Crippen molar-refractivity contribution in [2.24, 2.45) is 0 Å². The Labute approximate surface area is 90.1 Å². The molecule has 1 atom stereocenters. The average molecular weight is 217 g/mol.